The van der Waals surface area contributed by atoms with Crippen LogP contribution in [-0.4, -0.2) is 11.0 Å². The molecular formula is C11H11NO3. The lowest BCUT2D eigenvalue weighted by Crippen LogP contribution is -2.17. The van der Waals surface area contributed by atoms with Gasteiger partial charge in [-0.15, -0.1) is 0 Å². The zero-order valence-corrected chi connectivity index (χ0v) is 8.56. The molecule has 0 aromatic heterocycles. The minimum absolute atomic E-state index is 0.0143. The van der Waals surface area contributed by atoms with Crippen LogP contribution in [0.2, 0.25) is 0 Å². The van der Waals surface area contributed by atoms with Gasteiger partial charge >= 0.3 is 0 Å². The summed E-state index contributed by atoms with van der Waals surface area (Å²) in [5.41, 5.74) is 2.08. The third-order valence-corrected chi connectivity index (χ3v) is 2.54. The van der Waals surface area contributed by atoms with Crippen LogP contribution < -0.4 is 4.74 Å². The SMILES string of the molecule is CC1=Cc2ccc([N+](=O)[O-])cc2OC1C. The summed E-state index contributed by atoms with van der Waals surface area (Å²) in [6.07, 6.45) is 1.98. The highest BCUT2D eigenvalue weighted by Crippen LogP contribution is 2.32. The maximum atomic E-state index is 10.6. The van der Waals surface area contributed by atoms with Gasteiger partial charge in [0.2, 0.25) is 0 Å². The number of hydrogen-bond acceptors (Lipinski definition) is 3. The van der Waals surface area contributed by atoms with Gasteiger partial charge in [-0.2, -0.15) is 0 Å². The van der Waals surface area contributed by atoms with Crippen LogP contribution in [0.5, 0.6) is 5.75 Å². The van der Waals surface area contributed by atoms with Crippen molar-refractivity contribution >= 4 is 11.8 Å². The lowest BCUT2D eigenvalue weighted by atomic mass is 10.0. The smallest absolute Gasteiger partial charge is 0.273 e. The number of benzene rings is 1. The zero-order valence-electron chi connectivity index (χ0n) is 8.56. The van der Waals surface area contributed by atoms with Crippen LogP contribution in [0.1, 0.15) is 19.4 Å². The molecule has 0 saturated heterocycles. The predicted molar refractivity (Wildman–Crippen MR) is 56.8 cm³/mol. The molecule has 1 aliphatic rings. The average molecular weight is 205 g/mol. The molecule has 0 saturated carbocycles. The van der Waals surface area contributed by atoms with Crippen LogP contribution in [0.15, 0.2) is 23.8 Å². The summed E-state index contributed by atoms with van der Waals surface area (Å²) in [5.74, 6) is 0.585. The van der Waals surface area contributed by atoms with Crippen molar-refractivity contribution in [1.82, 2.24) is 0 Å². The van der Waals surface area contributed by atoms with Crippen LogP contribution in [0.3, 0.4) is 0 Å². The molecule has 0 aliphatic carbocycles. The molecule has 1 unspecified atom stereocenters. The van der Waals surface area contributed by atoms with E-state index in [1.54, 1.807) is 6.07 Å². The molecule has 4 nitrogen and oxygen atoms in total. The molecule has 0 fully saturated rings. The van der Waals surface area contributed by atoms with Crippen LogP contribution in [0.4, 0.5) is 5.69 Å². The van der Waals surface area contributed by atoms with Gasteiger partial charge < -0.3 is 4.74 Å². The maximum Gasteiger partial charge on any atom is 0.273 e. The maximum absolute atomic E-state index is 10.6. The van der Waals surface area contributed by atoms with Gasteiger partial charge in [-0.05, 0) is 31.6 Å². The fraction of sp³-hybridized carbons (Fsp3) is 0.273. The van der Waals surface area contributed by atoms with E-state index < -0.39 is 4.92 Å². The Morgan fingerprint density at radius 2 is 2.20 bits per heavy atom. The topological polar surface area (TPSA) is 52.4 Å². The third-order valence-electron chi connectivity index (χ3n) is 2.54. The molecular weight excluding hydrogens is 194 g/mol. The molecule has 1 atom stereocenters. The molecule has 0 spiro atoms. The van der Waals surface area contributed by atoms with Crippen LogP contribution in [0, 0.1) is 10.1 Å². The Hall–Kier alpha value is -1.84. The number of nitrogens with zero attached hydrogens (tertiary/aromatic N) is 1. The first-order valence-electron chi connectivity index (χ1n) is 4.71. The van der Waals surface area contributed by atoms with E-state index in [4.69, 9.17) is 4.74 Å². The minimum Gasteiger partial charge on any atom is -0.485 e. The van der Waals surface area contributed by atoms with Crippen molar-refractivity contribution in [1.29, 1.82) is 0 Å². The number of nitro groups is 1. The number of ether oxygens (including phenoxy) is 1. The van der Waals surface area contributed by atoms with E-state index in [9.17, 15) is 10.1 Å². The van der Waals surface area contributed by atoms with E-state index in [-0.39, 0.29) is 11.8 Å². The summed E-state index contributed by atoms with van der Waals surface area (Å²) < 4.78 is 5.56. The Bertz CT molecular complexity index is 451. The monoisotopic (exact) mass is 205 g/mol. The van der Waals surface area contributed by atoms with E-state index in [2.05, 4.69) is 0 Å². The van der Waals surface area contributed by atoms with Crippen LogP contribution in [-0.2, 0) is 0 Å². The second-order valence-electron chi connectivity index (χ2n) is 3.63. The molecule has 1 heterocycles. The van der Waals surface area contributed by atoms with Crippen molar-refractivity contribution in [2.24, 2.45) is 0 Å². The van der Waals surface area contributed by atoms with E-state index in [1.807, 2.05) is 19.9 Å². The van der Waals surface area contributed by atoms with Crippen molar-refractivity contribution in [2.75, 3.05) is 0 Å². The van der Waals surface area contributed by atoms with E-state index in [0.29, 0.717) is 5.75 Å². The molecule has 0 N–H and O–H groups in total. The van der Waals surface area contributed by atoms with E-state index >= 15 is 0 Å². The van der Waals surface area contributed by atoms with Crippen LogP contribution in [0.25, 0.3) is 6.08 Å². The van der Waals surface area contributed by atoms with Crippen molar-refractivity contribution in [3.8, 4) is 5.75 Å². The molecule has 78 valence electrons. The standard InChI is InChI=1S/C11H11NO3/c1-7-5-9-3-4-10(12(13)14)6-11(9)15-8(7)2/h3-6,8H,1-2H3. The molecule has 0 amide bonds. The van der Waals surface area contributed by atoms with Gasteiger partial charge in [-0.1, -0.05) is 0 Å². The van der Waals surface area contributed by atoms with E-state index in [1.165, 1.54) is 12.1 Å². The normalized spacial score (nSPS) is 18.8. The molecule has 0 bridgehead atoms. The summed E-state index contributed by atoms with van der Waals surface area (Å²) in [7, 11) is 0. The fourth-order valence-electron chi connectivity index (χ4n) is 1.50. The second kappa shape index (κ2) is 3.38. The van der Waals surface area contributed by atoms with Crippen LogP contribution >= 0.6 is 0 Å². The Labute approximate surface area is 87.3 Å². The fourth-order valence-corrected chi connectivity index (χ4v) is 1.50. The van der Waals surface area contributed by atoms with Gasteiger partial charge in [0.15, 0.2) is 0 Å². The highest BCUT2D eigenvalue weighted by molar-refractivity contribution is 5.64. The molecule has 0 radical (unpaired) electrons. The second-order valence-corrected chi connectivity index (χ2v) is 3.63. The van der Waals surface area contributed by atoms with Gasteiger partial charge in [-0.25, -0.2) is 0 Å². The summed E-state index contributed by atoms with van der Waals surface area (Å²) >= 11 is 0. The zero-order chi connectivity index (χ0) is 11.0. The van der Waals surface area contributed by atoms with Crippen molar-refractivity contribution in [2.45, 2.75) is 20.0 Å². The lowest BCUT2D eigenvalue weighted by molar-refractivity contribution is -0.385. The lowest BCUT2D eigenvalue weighted by Gasteiger charge is -2.21. The highest BCUT2D eigenvalue weighted by Gasteiger charge is 2.18. The highest BCUT2D eigenvalue weighted by atomic mass is 16.6. The van der Waals surface area contributed by atoms with Gasteiger partial charge in [0.1, 0.15) is 11.9 Å². The first-order chi connectivity index (χ1) is 7.08. The molecule has 1 aromatic rings. The first-order valence-corrected chi connectivity index (χ1v) is 4.71. The largest absolute Gasteiger partial charge is 0.485 e. The molecule has 2 rings (SSSR count). The quantitative estimate of drug-likeness (QED) is 0.523. The number of non-ortho nitro benzene ring substituents is 1. The molecule has 4 heteroatoms. The van der Waals surface area contributed by atoms with Gasteiger partial charge in [0.05, 0.1) is 11.0 Å². The number of fused-ring (bicyclic) bond motifs is 1. The number of rotatable bonds is 1. The minimum atomic E-state index is -0.417. The number of nitro benzene ring substituents is 1. The molecule has 1 aromatic carbocycles. The van der Waals surface area contributed by atoms with Gasteiger partial charge in [0.25, 0.3) is 5.69 Å². The van der Waals surface area contributed by atoms with Gasteiger partial charge in [0, 0.05) is 11.6 Å². The summed E-state index contributed by atoms with van der Waals surface area (Å²) in [6.45, 7) is 3.91. The Kier molecular flexibility index (Phi) is 2.19. The van der Waals surface area contributed by atoms with Crippen molar-refractivity contribution in [3.63, 3.8) is 0 Å². The first kappa shape index (κ1) is 9.71. The van der Waals surface area contributed by atoms with Crippen molar-refractivity contribution < 1.29 is 9.66 Å². The predicted octanol–water partition coefficient (Wildman–Crippen LogP) is 2.78. The average Bonchev–Trinajstić information content (AvgIpc) is 2.19. The van der Waals surface area contributed by atoms with E-state index in [0.717, 1.165) is 11.1 Å². The van der Waals surface area contributed by atoms with Crippen molar-refractivity contribution in [3.05, 3.63) is 39.4 Å². The summed E-state index contributed by atoms with van der Waals surface area (Å²) in [4.78, 5) is 10.1. The summed E-state index contributed by atoms with van der Waals surface area (Å²) in [5, 5.41) is 10.6. The van der Waals surface area contributed by atoms with Gasteiger partial charge in [-0.3, -0.25) is 10.1 Å². The summed E-state index contributed by atoms with van der Waals surface area (Å²) in [6, 6.07) is 4.67. The number of hydrogen-bond donors (Lipinski definition) is 0. The Morgan fingerprint density at radius 3 is 2.87 bits per heavy atom. The Balaban J connectivity index is 2.47. The Morgan fingerprint density at radius 1 is 1.47 bits per heavy atom. The molecule has 1 aliphatic heterocycles. The molecule has 15 heavy (non-hydrogen) atoms. The third kappa shape index (κ3) is 1.70.